The number of hydrogen-bond acceptors (Lipinski definition) is 3. The van der Waals surface area contributed by atoms with Crippen LogP contribution in [0.4, 0.5) is 0 Å². The summed E-state index contributed by atoms with van der Waals surface area (Å²) in [7, 11) is 0. The van der Waals surface area contributed by atoms with Crippen molar-refractivity contribution < 1.29 is 14.3 Å². The molecule has 1 unspecified atom stereocenters. The van der Waals surface area contributed by atoms with Gasteiger partial charge in [0.15, 0.2) is 11.5 Å². The molecule has 2 N–H and O–H groups in total. The highest BCUT2D eigenvalue weighted by Gasteiger charge is 2.21. The summed E-state index contributed by atoms with van der Waals surface area (Å²) in [6, 6.07) is 15.6. The number of amides is 1. The van der Waals surface area contributed by atoms with E-state index in [0.717, 1.165) is 33.7 Å². The molecule has 0 bridgehead atoms. The molecular formula is C20H20N2O3. The van der Waals surface area contributed by atoms with E-state index in [-0.39, 0.29) is 12.0 Å². The molecule has 1 aromatic heterocycles. The summed E-state index contributed by atoms with van der Waals surface area (Å²) >= 11 is 0. The molecular weight excluding hydrogens is 316 g/mol. The topological polar surface area (TPSA) is 63.4 Å². The Balaban J connectivity index is 1.38. The van der Waals surface area contributed by atoms with Crippen LogP contribution < -0.4 is 14.8 Å². The number of hydrogen-bond donors (Lipinski definition) is 2. The van der Waals surface area contributed by atoms with Crippen LogP contribution in [-0.2, 0) is 11.2 Å². The number of rotatable bonds is 4. The molecule has 128 valence electrons. The van der Waals surface area contributed by atoms with Crippen molar-refractivity contribution in [1.29, 1.82) is 0 Å². The monoisotopic (exact) mass is 336 g/mol. The molecule has 0 radical (unpaired) electrons. The fourth-order valence-electron chi connectivity index (χ4n) is 3.18. The van der Waals surface area contributed by atoms with Crippen LogP contribution in [0.5, 0.6) is 11.5 Å². The molecule has 1 amide bonds. The number of nitrogens with one attached hydrogen (secondary N) is 2. The molecule has 0 fully saturated rings. The van der Waals surface area contributed by atoms with Crippen molar-refractivity contribution in [3.05, 3.63) is 59.8 Å². The van der Waals surface area contributed by atoms with Gasteiger partial charge in [-0.2, -0.15) is 0 Å². The van der Waals surface area contributed by atoms with Crippen molar-refractivity contribution in [3.63, 3.8) is 0 Å². The number of carbonyl (C=O) groups is 1. The third-order valence-electron chi connectivity index (χ3n) is 4.46. The van der Waals surface area contributed by atoms with Crippen molar-refractivity contribution in [2.75, 3.05) is 13.2 Å². The summed E-state index contributed by atoms with van der Waals surface area (Å²) in [5, 5.41) is 4.05. The summed E-state index contributed by atoms with van der Waals surface area (Å²) in [6.07, 6.45) is 0.169. The molecule has 1 atom stereocenters. The lowest BCUT2D eigenvalue weighted by Crippen LogP contribution is -2.41. The molecule has 0 aliphatic carbocycles. The maximum absolute atomic E-state index is 12.4. The van der Waals surface area contributed by atoms with Gasteiger partial charge in [-0.3, -0.25) is 4.79 Å². The molecule has 0 spiro atoms. The Morgan fingerprint density at radius 1 is 1.16 bits per heavy atom. The highest BCUT2D eigenvalue weighted by atomic mass is 16.6. The molecule has 1 aliphatic rings. The van der Waals surface area contributed by atoms with E-state index >= 15 is 0 Å². The SMILES string of the molecule is Cc1[nH]c2ccccc2c1CC(=O)NCC1COc2ccccc2O1. The predicted molar refractivity (Wildman–Crippen MR) is 96.1 cm³/mol. The fraction of sp³-hybridized carbons (Fsp3) is 0.250. The third kappa shape index (κ3) is 3.18. The van der Waals surface area contributed by atoms with Gasteiger partial charge in [0, 0.05) is 16.6 Å². The minimum atomic E-state index is -0.178. The van der Waals surface area contributed by atoms with Gasteiger partial charge in [0.25, 0.3) is 0 Å². The van der Waals surface area contributed by atoms with Crippen molar-refractivity contribution in [2.45, 2.75) is 19.4 Å². The summed E-state index contributed by atoms with van der Waals surface area (Å²) in [5.41, 5.74) is 3.13. The number of aryl methyl sites for hydroxylation is 1. The highest BCUT2D eigenvalue weighted by Crippen LogP contribution is 2.30. The number of aromatic nitrogens is 1. The van der Waals surface area contributed by atoms with Crippen LogP contribution in [0.25, 0.3) is 10.9 Å². The maximum atomic E-state index is 12.4. The van der Waals surface area contributed by atoms with Gasteiger partial charge in [-0.05, 0) is 30.7 Å². The Kier molecular flexibility index (Phi) is 4.06. The van der Waals surface area contributed by atoms with Crippen LogP contribution >= 0.6 is 0 Å². The van der Waals surface area contributed by atoms with E-state index in [1.165, 1.54) is 0 Å². The molecule has 0 saturated heterocycles. The smallest absolute Gasteiger partial charge is 0.224 e. The molecule has 0 saturated carbocycles. The average Bonchev–Trinajstić information content (AvgIpc) is 2.95. The third-order valence-corrected chi connectivity index (χ3v) is 4.46. The highest BCUT2D eigenvalue weighted by molar-refractivity contribution is 5.90. The van der Waals surface area contributed by atoms with Crippen molar-refractivity contribution in [1.82, 2.24) is 10.3 Å². The zero-order chi connectivity index (χ0) is 17.2. The average molecular weight is 336 g/mol. The Bertz CT molecular complexity index is 916. The lowest BCUT2D eigenvalue weighted by atomic mass is 10.1. The van der Waals surface area contributed by atoms with Crippen LogP contribution in [0.15, 0.2) is 48.5 Å². The standard InChI is InChI=1S/C20H20N2O3/c1-13-16(15-6-2-3-7-17(15)22-13)10-20(23)21-11-14-12-24-18-8-4-5-9-19(18)25-14/h2-9,14,22H,10-12H2,1H3,(H,21,23). The van der Waals surface area contributed by atoms with E-state index in [1.54, 1.807) is 0 Å². The minimum Gasteiger partial charge on any atom is -0.486 e. The maximum Gasteiger partial charge on any atom is 0.224 e. The Hall–Kier alpha value is -2.95. The molecule has 5 nitrogen and oxygen atoms in total. The first kappa shape index (κ1) is 15.6. The number of aromatic amines is 1. The van der Waals surface area contributed by atoms with E-state index < -0.39 is 0 Å². The van der Waals surface area contributed by atoms with Gasteiger partial charge in [-0.1, -0.05) is 30.3 Å². The first-order chi connectivity index (χ1) is 12.2. The lowest BCUT2D eigenvalue weighted by Gasteiger charge is -2.26. The lowest BCUT2D eigenvalue weighted by molar-refractivity contribution is -0.120. The molecule has 3 aromatic rings. The zero-order valence-corrected chi connectivity index (χ0v) is 14.0. The van der Waals surface area contributed by atoms with Gasteiger partial charge >= 0.3 is 0 Å². The van der Waals surface area contributed by atoms with Gasteiger partial charge < -0.3 is 19.8 Å². The van der Waals surface area contributed by atoms with Crippen LogP contribution in [0, 0.1) is 6.92 Å². The Labute approximate surface area is 146 Å². The van der Waals surface area contributed by atoms with E-state index in [4.69, 9.17) is 9.47 Å². The van der Waals surface area contributed by atoms with E-state index in [2.05, 4.69) is 10.3 Å². The molecule has 25 heavy (non-hydrogen) atoms. The van der Waals surface area contributed by atoms with Gasteiger partial charge in [0.05, 0.1) is 13.0 Å². The summed E-state index contributed by atoms with van der Waals surface area (Å²) in [6.45, 7) is 2.86. The molecule has 1 aliphatic heterocycles. The summed E-state index contributed by atoms with van der Waals surface area (Å²) < 4.78 is 11.5. The number of carbonyl (C=O) groups excluding carboxylic acids is 1. The Morgan fingerprint density at radius 2 is 1.92 bits per heavy atom. The minimum absolute atomic E-state index is 0.0182. The van der Waals surface area contributed by atoms with E-state index in [0.29, 0.717) is 19.6 Å². The number of fused-ring (bicyclic) bond motifs is 2. The van der Waals surface area contributed by atoms with Gasteiger partial charge in [0.1, 0.15) is 12.7 Å². The number of H-pyrrole nitrogens is 1. The summed E-state index contributed by atoms with van der Waals surface area (Å²) in [5.74, 6) is 1.45. The number of para-hydroxylation sites is 3. The van der Waals surface area contributed by atoms with Crippen LogP contribution in [-0.4, -0.2) is 30.1 Å². The fourth-order valence-corrected chi connectivity index (χ4v) is 3.18. The quantitative estimate of drug-likeness (QED) is 0.770. The molecule has 5 heteroatoms. The first-order valence-electron chi connectivity index (χ1n) is 8.42. The molecule has 4 rings (SSSR count). The normalized spacial score (nSPS) is 16.0. The van der Waals surface area contributed by atoms with Crippen LogP contribution in [0.3, 0.4) is 0 Å². The molecule has 2 aromatic carbocycles. The second-order valence-electron chi connectivity index (χ2n) is 6.25. The van der Waals surface area contributed by atoms with Crippen molar-refractivity contribution in [2.24, 2.45) is 0 Å². The number of ether oxygens (including phenoxy) is 2. The van der Waals surface area contributed by atoms with Gasteiger partial charge in [0.2, 0.25) is 5.91 Å². The predicted octanol–water partition coefficient (Wildman–Crippen LogP) is 2.98. The second kappa shape index (κ2) is 6.51. The van der Waals surface area contributed by atoms with Gasteiger partial charge in [-0.25, -0.2) is 0 Å². The van der Waals surface area contributed by atoms with Crippen molar-refractivity contribution >= 4 is 16.8 Å². The zero-order valence-electron chi connectivity index (χ0n) is 14.0. The molecule has 2 heterocycles. The number of benzene rings is 2. The summed E-state index contributed by atoms with van der Waals surface area (Å²) in [4.78, 5) is 15.7. The van der Waals surface area contributed by atoms with Crippen molar-refractivity contribution in [3.8, 4) is 11.5 Å². The van der Waals surface area contributed by atoms with Crippen LogP contribution in [0.1, 0.15) is 11.3 Å². The van der Waals surface area contributed by atoms with Crippen LogP contribution in [0.2, 0.25) is 0 Å². The van der Waals surface area contributed by atoms with Gasteiger partial charge in [-0.15, -0.1) is 0 Å². The Morgan fingerprint density at radius 3 is 2.80 bits per heavy atom. The second-order valence-corrected chi connectivity index (χ2v) is 6.25. The largest absolute Gasteiger partial charge is 0.486 e. The van der Waals surface area contributed by atoms with E-state index in [9.17, 15) is 4.79 Å². The van der Waals surface area contributed by atoms with E-state index in [1.807, 2.05) is 55.5 Å². The first-order valence-corrected chi connectivity index (χ1v) is 8.42.